The first-order valence-corrected chi connectivity index (χ1v) is 7.16. The molecule has 2 rings (SSSR count). The van der Waals surface area contributed by atoms with Crippen molar-refractivity contribution in [3.63, 3.8) is 0 Å². The third-order valence-electron chi connectivity index (χ3n) is 3.74. The van der Waals surface area contributed by atoms with Gasteiger partial charge in [0.05, 0.1) is 12.3 Å². The molecular formula is C17H24N2O. The number of furan rings is 1. The minimum Gasteiger partial charge on any atom is -0.468 e. The van der Waals surface area contributed by atoms with E-state index in [2.05, 4.69) is 50.1 Å². The predicted molar refractivity (Wildman–Crippen MR) is 82.4 cm³/mol. The normalized spacial score (nSPS) is 14.4. The van der Waals surface area contributed by atoms with Crippen molar-refractivity contribution < 1.29 is 4.42 Å². The topological polar surface area (TPSA) is 42.4 Å². The average molecular weight is 272 g/mol. The molecule has 0 radical (unpaired) electrons. The maximum atomic E-state index is 6.29. The van der Waals surface area contributed by atoms with E-state index in [0.717, 1.165) is 18.7 Å². The van der Waals surface area contributed by atoms with Gasteiger partial charge in [-0.15, -0.1) is 0 Å². The van der Waals surface area contributed by atoms with Crippen molar-refractivity contribution in [2.45, 2.75) is 38.9 Å². The fourth-order valence-electron chi connectivity index (χ4n) is 2.52. The second-order valence-electron chi connectivity index (χ2n) is 5.43. The molecule has 2 unspecified atom stereocenters. The lowest BCUT2D eigenvalue weighted by Gasteiger charge is -2.30. The lowest BCUT2D eigenvalue weighted by molar-refractivity contribution is 0.176. The fourth-order valence-corrected chi connectivity index (χ4v) is 2.52. The summed E-state index contributed by atoms with van der Waals surface area (Å²) < 4.78 is 5.57. The number of hydrogen-bond acceptors (Lipinski definition) is 3. The van der Waals surface area contributed by atoms with E-state index in [1.165, 1.54) is 11.1 Å². The summed E-state index contributed by atoms with van der Waals surface area (Å²) in [6, 6.07) is 12.7. The molecule has 0 saturated carbocycles. The van der Waals surface area contributed by atoms with Gasteiger partial charge in [0.2, 0.25) is 0 Å². The predicted octanol–water partition coefficient (Wildman–Crippen LogP) is 3.50. The molecule has 2 atom stereocenters. The number of hydrogen-bond donors (Lipinski definition) is 1. The summed E-state index contributed by atoms with van der Waals surface area (Å²) in [7, 11) is 2.10. The van der Waals surface area contributed by atoms with Crippen molar-refractivity contribution in [3.8, 4) is 0 Å². The van der Waals surface area contributed by atoms with Crippen molar-refractivity contribution in [1.82, 2.24) is 4.90 Å². The molecule has 0 bridgehead atoms. The SMILES string of the molecule is CCC(N)C(c1ccco1)N(C)Cc1ccc(C)cc1. The summed E-state index contributed by atoms with van der Waals surface area (Å²) in [4.78, 5) is 2.26. The summed E-state index contributed by atoms with van der Waals surface area (Å²) in [5, 5.41) is 0. The Bertz CT molecular complexity index is 504. The van der Waals surface area contributed by atoms with Crippen LogP contribution in [0.4, 0.5) is 0 Å². The molecule has 1 heterocycles. The maximum Gasteiger partial charge on any atom is 0.122 e. The fraction of sp³-hybridized carbons (Fsp3) is 0.412. The third kappa shape index (κ3) is 3.50. The van der Waals surface area contributed by atoms with E-state index >= 15 is 0 Å². The van der Waals surface area contributed by atoms with E-state index in [1.54, 1.807) is 6.26 Å². The summed E-state index contributed by atoms with van der Waals surface area (Å²) in [5.74, 6) is 0.939. The summed E-state index contributed by atoms with van der Waals surface area (Å²) in [6.07, 6.45) is 2.63. The standard InChI is InChI=1S/C17H24N2O/c1-4-15(18)17(16-6-5-11-20-16)19(3)12-14-9-7-13(2)8-10-14/h5-11,15,17H,4,12,18H2,1-3H3. The smallest absolute Gasteiger partial charge is 0.122 e. The van der Waals surface area contributed by atoms with Crippen LogP contribution in [0.1, 0.15) is 36.3 Å². The minimum atomic E-state index is 0.0663. The quantitative estimate of drug-likeness (QED) is 0.875. The lowest BCUT2D eigenvalue weighted by Crippen LogP contribution is -2.38. The molecule has 2 N–H and O–H groups in total. The molecule has 20 heavy (non-hydrogen) atoms. The summed E-state index contributed by atoms with van der Waals surface area (Å²) in [6.45, 7) is 5.08. The highest BCUT2D eigenvalue weighted by atomic mass is 16.3. The number of nitrogens with two attached hydrogens (primary N) is 1. The van der Waals surface area contributed by atoms with Crippen LogP contribution in [0, 0.1) is 6.92 Å². The van der Waals surface area contributed by atoms with Crippen LogP contribution in [0.15, 0.2) is 47.1 Å². The van der Waals surface area contributed by atoms with Gasteiger partial charge < -0.3 is 10.2 Å². The van der Waals surface area contributed by atoms with E-state index < -0.39 is 0 Å². The van der Waals surface area contributed by atoms with Gasteiger partial charge in [-0.1, -0.05) is 36.8 Å². The average Bonchev–Trinajstić information content (AvgIpc) is 2.95. The highest BCUT2D eigenvalue weighted by Crippen LogP contribution is 2.25. The second-order valence-corrected chi connectivity index (χ2v) is 5.43. The number of likely N-dealkylation sites (N-methyl/N-ethyl adjacent to an activating group) is 1. The van der Waals surface area contributed by atoms with Crippen LogP contribution in [0.25, 0.3) is 0 Å². The Morgan fingerprint density at radius 1 is 1.20 bits per heavy atom. The third-order valence-corrected chi connectivity index (χ3v) is 3.74. The Hall–Kier alpha value is -1.58. The zero-order chi connectivity index (χ0) is 14.5. The van der Waals surface area contributed by atoms with E-state index in [0.29, 0.717) is 0 Å². The first-order valence-electron chi connectivity index (χ1n) is 7.16. The van der Waals surface area contributed by atoms with Gasteiger partial charge in [-0.2, -0.15) is 0 Å². The molecule has 0 fully saturated rings. The molecule has 1 aromatic carbocycles. The zero-order valence-corrected chi connectivity index (χ0v) is 12.5. The van der Waals surface area contributed by atoms with Crippen LogP contribution in [0.3, 0.4) is 0 Å². The van der Waals surface area contributed by atoms with E-state index in [4.69, 9.17) is 10.2 Å². The Labute approximate surface area is 121 Å². The van der Waals surface area contributed by atoms with Gasteiger partial charge in [-0.05, 0) is 38.1 Å². The molecule has 0 amide bonds. The Balaban J connectivity index is 2.14. The molecule has 1 aromatic heterocycles. The molecule has 0 saturated heterocycles. The molecule has 0 aliphatic heterocycles. The Morgan fingerprint density at radius 3 is 2.45 bits per heavy atom. The largest absolute Gasteiger partial charge is 0.468 e. The molecule has 0 aliphatic rings. The van der Waals surface area contributed by atoms with Crippen molar-refractivity contribution in [2.24, 2.45) is 5.73 Å². The van der Waals surface area contributed by atoms with Gasteiger partial charge in [0.15, 0.2) is 0 Å². The highest BCUT2D eigenvalue weighted by molar-refractivity contribution is 5.21. The van der Waals surface area contributed by atoms with E-state index in [1.807, 2.05) is 12.1 Å². The number of benzene rings is 1. The van der Waals surface area contributed by atoms with Crippen LogP contribution >= 0.6 is 0 Å². The van der Waals surface area contributed by atoms with Crippen molar-refractivity contribution in [2.75, 3.05) is 7.05 Å². The van der Waals surface area contributed by atoms with Crippen molar-refractivity contribution >= 4 is 0 Å². The maximum absolute atomic E-state index is 6.29. The highest BCUT2D eigenvalue weighted by Gasteiger charge is 2.25. The molecule has 3 nitrogen and oxygen atoms in total. The van der Waals surface area contributed by atoms with Gasteiger partial charge in [0.1, 0.15) is 5.76 Å². The van der Waals surface area contributed by atoms with Crippen molar-refractivity contribution in [1.29, 1.82) is 0 Å². The van der Waals surface area contributed by atoms with E-state index in [-0.39, 0.29) is 12.1 Å². The Morgan fingerprint density at radius 2 is 1.90 bits per heavy atom. The Kier molecular flexibility index (Phi) is 4.99. The number of nitrogens with zero attached hydrogens (tertiary/aromatic N) is 1. The molecule has 0 spiro atoms. The van der Waals surface area contributed by atoms with Gasteiger partial charge in [-0.3, -0.25) is 4.90 Å². The molecular weight excluding hydrogens is 248 g/mol. The zero-order valence-electron chi connectivity index (χ0n) is 12.5. The summed E-state index contributed by atoms with van der Waals surface area (Å²) in [5.41, 5.74) is 8.86. The summed E-state index contributed by atoms with van der Waals surface area (Å²) >= 11 is 0. The minimum absolute atomic E-state index is 0.0663. The number of aryl methyl sites for hydroxylation is 1. The van der Waals surface area contributed by atoms with Gasteiger partial charge >= 0.3 is 0 Å². The van der Waals surface area contributed by atoms with Crippen molar-refractivity contribution in [3.05, 3.63) is 59.5 Å². The molecule has 108 valence electrons. The van der Waals surface area contributed by atoms with Crippen LogP contribution in [-0.4, -0.2) is 18.0 Å². The second kappa shape index (κ2) is 6.73. The number of rotatable bonds is 6. The van der Waals surface area contributed by atoms with Crippen LogP contribution < -0.4 is 5.73 Å². The molecule has 0 aliphatic carbocycles. The monoisotopic (exact) mass is 272 g/mol. The van der Waals surface area contributed by atoms with Gasteiger partial charge in [-0.25, -0.2) is 0 Å². The molecule has 3 heteroatoms. The van der Waals surface area contributed by atoms with Gasteiger partial charge in [0, 0.05) is 12.6 Å². The first-order chi connectivity index (χ1) is 9.61. The van der Waals surface area contributed by atoms with E-state index in [9.17, 15) is 0 Å². The van der Waals surface area contributed by atoms with Crippen LogP contribution in [0.2, 0.25) is 0 Å². The lowest BCUT2D eigenvalue weighted by atomic mass is 10.0. The molecule has 2 aromatic rings. The van der Waals surface area contributed by atoms with Gasteiger partial charge in [0.25, 0.3) is 0 Å². The first kappa shape index (κ1) is 14.8. The van der Waals surface area contributed by atoms with Crippen LogP contribution in [-0.2, 0) is 6.54 Å². The van der Waals surface area contributed by atoms with Crippen LogP contribution in [0.5, 0.6) is 0 Å².